The molecule has 1 aliphatic rings. The fourth-order valence-corrected chi connectivity index (χ4v) is 2.70. The molecule has 0 unspecified atom stereocenters. The van der Waals surface area contributed by atoms with Crippen LogP contribution in [0.2, 0.25) is 0 Å². The second-order valence-corrected chi connectivity index (χ2v) is 5.66. The molecule has 20 heavy (non-hydrogen) atoms. The van der Waals surface area contributed by atoms with Gasteiger partial charge in [0.25, 0.3) is 5.91 Å². The smallest absolute Gasteiger partial charge is 0.254 e. The van der Waals surface area contributed by atoms with Gasteiger partial charge in [-0.25, -0.2) is 4.98 Å². The Morgan fingerprint density at radius 2 is 2.25 bits per heavy atom. The third-order valence-corrected chi connectivity index (χ3v) is 3.89. The highest BCUT2D eigenvalue weighted by molar-refractivity contribution is 9.10. The van der Waals surface area contributed by atoms with Gasteiger partial charge in [0, 0.05) is 45.0 Å². The second-order valence-electron chi connectivity index (χ2n) is 4.85. The van der Waals surface area contributed by atoms with Crippen LogP contribution in [0.25, 0.3) is 0 Å². The van der Waals surface area contributed by atoms with Crippen molar-refractivity contribution in [3.63, 3.8) is 0 Å². The number of amides is 1. The second kappa shape index (κ2) is 7.71. The van der Waals surface area contributed by atoms with E-state index in [1.54, 1.807) is 25.4 Å². The number of ether oxygens (including phenoxy) is 1. The minimum atomic E-state index is 0.0849. The number of rotatable bonds is 4. The van der Waals surface area contributed by atoms with Crippen LogP contribution >= 0.6 is 15.9 Å². The highest BCUT2D eigenvalue weighted by atomic mass is 79.9. The van der Waals surface area contributed by atoms with Crippen molar-refractivity contribution in [1.82, 2.24) is 14.8 Å². The molecule has 0 N–H and O–H groups in total. The van der Waals surface area contributed by atoms with Crippen LogP contribution in [-0.2, 0) is 4.74 Å². The van der Waals surface area contributed by atoms with Crippen LogP contribution in [0.4, 0.5) is 0 Å². The van der Waals surface area contributed by atoms with Gasteiger partial charge in [-0.05, 0) is 41.0 Å². The van der Waals surface area contributed by atoms with Crippen LogP contribution in [-0.4, -0.2) is 67.1 Å². The lowest BCUT2D eigenvalue weighted by atomic mass is 10.2. The molecule has 5 nitrogen and oxygen atoms in total. The quantitative estimate of drug-likeness (QED) is 0.781. The molecule has 1 saturated heterocycles. The molecular weight excluding hydrogens is 322 g/mol. The number of nitrogens with zero attached hydrogens (tertiary/aromatic N) is 3. The summed E-state index contributed by atoms with van der Waals surface area (Å²) in [7, 11) is 1.72. The highest BCUT2D eigenvalue weighted by Crippen LogP contribution is 2.12. The Morgan fingerprint density at radius 1 is 1.40 bits per heavy atom. The summed E-state index contributed by atoms with van der Waals surface area (Å²) in [4.78, 5) is 20.8. The van der Waals surface area contributed by atoms with Crippen LogP contribution < -0.4 is 0 Å². The van der Waals surface area contributed by atoms with E-state index in [1.807, 2.05) is 4.90 Å². The largest absolute Gasteiger partial charge is 0.383 e. The van der Waals surface area contributed by atoms with Crippen molar-refractivity contribution in [2.45, 2.75) is 6.42 Å². The van der Waals surface area contributed by atoms with E-state index in [4.69, 9.17) is 4.74 Å². The average Bonchev–Trinajstić information content (AvgIpc) is 2.70. The number of aromatic nitrogens is 1. The van der Waals surface area contributed by atoms with Crippen molar-refractivity contribution in [1.29, 1.82) is 0 Å². The first-order valence-corrected chi connectivity index (χ1v) is 7.62. The Labute approximate surface area is 128 Å². The minimum absolute atomic E-state index is 0.0849. The molecule has 2 rings (SSSR count). The molecule has 0 aromatic carbocycles. The van der Waals surface area contributed by atoms with Crippen molar-refractivity contribution < 1.29 is 9.53 Å². The van der Waals surface area contributed by atoms with Gasteiger partial charge in [-0.3, -0.25) is 9.69 Å². The van der Waals surface area contributed by atoms with Crippen LogP contribution in [0.3, 0.4) is 0 Å². The molecule has 1 aromatic rings. The number of halogens is 1. The maximum atomic E-state index is 12.5. The van der Waals surface area contributed by atoms with Gasteiger partial charge in [0.1, 0.15) is 4.60 Å². The molecule has 1 aromatic heterocycles. The Bertz CT molecular complexity index is 456. The van der Waals surface area contributed by atoms with E-state index in [0.717, 1.165) is 45.8 Å². The van der Waals surface area contributed by atoms with Crippen molar-refractivity contribution in [3.05, 3.63) is 28.5 Å². The van der Waals surface area contributed by atoms with Gasteiger partial charge < -0.3 is 9.64 Å². The Kier molecular flexibility index (Phi) is 5.94. The zero-order valence-electron chi connectivity index (χ0n) is 11.7. The topological polar surface area (TPSA) is 45.7 Å². The standard InChI is InChI=1S/C14H20BrN3O2/c1-20-10-9-17-5-2-6-18(8-7-17)14(19)12-3-4-16-13(15)11-12/h3-4,11H,2,5-10H2,1H3. The first kappa shape index (κ1) is 15.4. The first-order valence-electron chi connectivity index (χ1n) is 6.83. The maximum absolute atomic E-state index is 12.5. The van der Waals surface area contributed by atoms with Crippen LogP contribution in [0, 0.1) is 0 Å². The summed E-state index contributed by atoms with van der Waals surface area (Å²) in [5.74, 6) is 0.0849. The number of hydrogen-bond acceptors (Lipinski definition) is 4. The van der Waals surface area contributed by atoms with Gasteiger partial charge in [-0.1, -0.05) is 0 Å². The van der Waals surface area contributed by atoms with Gasteiger partial charge in [0.2, 0.25) is 0 Å². The average molecular weight is 342 g/mol. The lowest BCUT2D eigenvalue weighted by molar-refractivity contribution is 0.0759. The summed E-state index contributed by atoms with van der Waals surface area (Å²) in [5, 5.41) is 0. The summed E-state index contributed by atoms with van der Waals surface area (Å²) in [6.45, 7) is 5.17. The number of carbonyl (C=O) groups is 1. The molecule has 1 aliphatic heterocycles. The predicted octanol–water partition coefficient (Wildman–Crippen LogP) is 1.64. The fraction of sp³-hybridized carbons (Fsp3) is 0.571. The number of carbonyl (C=O) groups excluding carboxylic acids is 1. The van der Waals surface area contributed by atoms with Gasteiger partial charge in [0.15, 0.2) is 0 Å². The van der Waals surface area contributed by atoms with Crippen LogP contribution in [0.1, 0.15) is 16.8 Å². The molecule has 1 amide bonds. The molecule has 0 atom stereocenters. The fourth-order valence-electron chi connectivity index (χ4n) is 2.34. The summed E-state index contributed by atoms with van der Waals surface area (Å²) in [6.07, 6.45) is 2.65. The molecule has 6 heteroatoms. The SMILES string of the molecule is COCCN1CCCN(C(=O)c2ccnc(Br)c2)CC1. The van der Waals surface area contributed by atoms with E-state index in [1.165, 1.54) is 0 Å². The van der Waals surface area contributed by atoms with E-state index < -0.39 is 0 Å². The Balaban J connectivity index is 1.94. The molecule has 1 fully saturated rings. The summed E-state index contributed by atoms with van der Waals surface area (Å²) in [6, 6.07) is 3.54. The summed E-state index contributed by atoms with van der Waals surface area (Å²) in [5.41, 5.74) is 0.692. The lowest BCUT2D eigenvalue weighted by Crippen LogP contribution is -2.36. The maximum Gasteiger partial charge on any atom is 0.254 e. The van der Waals surface area contributed by atoms with Gasteiger partial charge in [-0.15, -0.1) is 0 Å². The van der Waals surface area contributed by atoms with Crippen molar-refractivity contribution in [3.8, 4) is 0 Å². The minimum Gasteiger partial charge on any atom is -0.383 e. The predicted molar refractivity (Wildman–Crippen MR) is 80.8 cm³/mol. The van der Waals surface area contributed by atoms with E-state index in [9.17, 15) is 4.79 Å². The molecule has 110 valence electrons. The highest BCUT2D eigenvalue weighted by Gasteiger charge is 2.20. The molecule has 0 saturated carbocycles. The molecule has 0 radical (unpaired) electrons. The molecule has 2 heterocycles. The van der Waals surface area contributed by atoms with Gasteiger partial charge in [-0.2, -0.15) is 0 Å². The van der Waals surface area contributed by atoms with Gasteiger partial charge in [0.05, 0.1) is 6.61 Å². The Hall–Kier alpha value is -0.980. The van der Waals surface area contributed by atoms with Crippen LogP contribution in [0.15, 0.2) is 22.9 Å². The molecule has 0 bridgehead atoms. The van der Waals surface area contributed by atoms with Crippen molar-refractivity contribution in [2.24, 2.45) is 0 Å². The van der Waals surface area contributed by atoms with E-state index in [-0.39, 0.29) is 5.91 Å². The molecular formula is C14H20BrN3O2. The normalized spacial score (nSPS) is 17.0. The third-order valence-electron chi connectivity index (χ3n) is 3.46. The zero-order chi connectivity index (χ0) is 14.4. The van der Waals surface area contributed by atoms with Crippen molar-refractivity contribution in [2.75, 3.05) is 46.4 Å². The van der Waals surface area contributed by atoms with E-state index >= 15 is 0 Å². The third kappa shape index (κ3) is 4.26. The number of hydrogen-bond donors (Lipinski definition) is 0. The van der Waals surface area contributed by atoms with E-state index in [0.29, 0.717) is 10.2 Å². The first-order chi connectivity index (χ1) is 9.70. The monoisotopic (exact) mass is 341 g/mol. The number of pyridine rings is 1. The zero-order valence-corrected chi connectivity index (χ0v) is 13.3. The van der Waals surface area contributed by atoms with Crippen LogP contribution in [0.5, 0.6) is 0 Å². The summed E-state index contributed by atoms with van der Waals surface area (Å²) >= 11 is 3.30. The number of methoxy groups -OCH3 is 1. The van der Waals surface area contributed by atoms with E-state index in [2.05, 4.69) is 25.8 Å². The molecule has 0 aliphatic carbocycles. The Morgan fingerprint density at radius 3 is 3.00 bits per heavy atom. The lowest BCUT2D eigenvalue weighted by Gasteiger charge is -2.21. The summed E-state index contributed by atoms with van der Waals surface area (Å²) < 4.78 is 5.80. The van der Waals surface area contributed by atoms with Gasteiger partial charge >= 0.3 is 0 Å². The van der Waals surface area contributed by atoms with Crippen molar-refractivity contribution >= 4 is 21.8 Å². The molecule has 0 spiro atoms.